The number of aromatic nitrogens is 1. The normalized spacial score (nSPS) is 17.3. The highest BCUT2D eigenvalue weighted by Gasteiger charge is 2.22. The molecule has 1 fully saturated rings. The van der Waals surface area contributed by atoms with E-state index in [4.69, 9.17) is 4.74 Å². The molecule has 2 aromatic heterocycles. The molecule has 0 aromatic carbocycles. The van der Waals surface area contributed by atoms with Gasteiger partial charge in [0.15, 0.2) is 0 Å². The molecule has 7 heteroatoms. The molecule has 3 rings (SSSR count). The Kier molecular flexibility index (Phi) is 4.88. The summed E-state index contributed by atoms with van der Waals surface area (Å²) in [5.41, 5.74) is 0.686. The fourth-order valence-corrected chi connectivity index (χ4v) is 3.48. The molecule has 1 unspecified atom stereocenters. The molecule has 1 aliphatic heterocycles. The maximum absolute atomic E-state index is 11.0. The lowest BCUT2D eigenvalue weighted by Gasteiger charge is -2.26. The number of thiophene rings is 1. The SMILES string of the molecule is Cc1cc(N(Cc2cccs2)CC2CCCO2)ncc1[N+](=O)[O-]. The molecule has 0 amide bonds. The molecule has 3 heterocycles. The Hall–Kier alpha value is -1.99. The Morgan fingerprint density at radius 3 is 3.04 bits per heavy atom. The van der Waals surface area contributed by atoms with E-state index in [-0.39, 0.29) is 11.8 Å². The summed E-state index contributed by atoms with van der Waals surface area (Å²) in [6.07, 6.45) is 3.69. The monoisotopic (exact) mass is 333 g/mol. The number of nitro groups is 1. The van der Waals surface area contributed by atoms with Crippen molar-refractivity contribution in [1.82, 2.24) is 4.98 Å². The average Bonchev–Trinajstić information content (AvgIpc) is 3.19. The van der Waals surface area contributed by atoms with Gasteiger partial charge in [0.25, 0.3) is 5.69 Å². The van der Waals surface area contributed by atoms with E-state index in [0.29, 0.717) is 5.56 Å². The van der Waals surface area contributed by atoms with E-state index in [1.54, 1.807) is 24.3 Å². The number of ether oxygens (including phenoxy) is 1. The van der Waals surface area contributed by atoms with Gasteiger partial charge in [-0.15, -0.1) is 11.3 Å². The largest absolute Gasteiger partial charge is 0.376 e. The van der Waals surface area contributed by atoms with Crippen LogP contribution in [0, 0.1) is 17.0 Å². The Balaban J connectivity index is 1.84. The van der Waals surface area contributed by atoms with Gasteiger partial charge >= 0.3 is 0 Å². The number of aryl methyl sites for hydroxylation is 1. The highest BCUT2D eigenvalue weighted by molar-refractivity contribution is 7.09. The van der Waals surface area contributed by atoms with Crippen LogP contribution in [0.25, 0.3) is 0 Å². The van der Waals surface area contributed by atoms with E-state index < -0.39 is 4.92 Å². The third-order valence-electron chi connectivity index (χ3n) is 3.96. The number of anilines is 1. The summed E-state index contributed by atoms with van der Waals surface area (Å²) < 4.78 is 5.74. The van der Waals surface area contributed by atoms with Crippen LogP contribution in [0.3, 0.4) is 0 Å². The quantitative estimate of drug-likeness (QED) is 0.597. The van der Waals surface area contributed by atoms with Crippen molar-refractivity contribution in [3.05, 3.63) is 50.3 Å². The zero-order valence-electron chi connectivity index (χ0n) is 13.0. The van der Waals surface area contributed by atoms with Crippen LogP contribution in [0.2, 0.25) is 0 Å². The van der Waals surface area contributed by atoms with Crippen LogP contribution in [-0.4, -0.2) is 29.2 Å². The molecule has 1 aliphatic rings. The summed E-state index contributed by atoms with van der Waals surface area (Å²) >= 11 is 1.70. The van der Waals surface area contributed by atoms with Gasteiger partial charge < -0.3 is 9.64 Å². The molecule has 0 N–H and O–H groups in total. The molecule has 1 atom stereocenters. The summed E-state index contributed by atoms with van der Waals surface area (Å²) in [7, 11) is 0. The first-order valence-electron chi connectivity index (χ1n) is 7.63. The standard InChI is InChI=1S/C16H19N3O3S/c1-12-8-16(17-9-15(12)19(20)21)18(10-13-4-2-6-22-13)11-14-5-3-7-23-14/h3,5,7-9,13H,2,4,6,10-11H2,1H3. The third kappa shape index (κ3) is 3.86. The molecule has 0 saturated carbocycles. The first-order valence-corrected chi connectivity index (χ1v) is 8.51. The minimum atomic E-state index is -0.393. The predicted octanol–water partition coefficient (Wildman–Crippen LogP) is 3.55. The maximum Gasteiger partial charge on any atom is 0.290 e. The van der Waals surface area contributed by atoms with Crippen molar-refractivity contribution in [2.75, 3.05) is 18.1 Å². The lowest BCUT2D eigenvalue weighted by molar-refractivity contribution is -0.385. The molecule has 0 aliphatic carbocycles. The molecular weight excluding hydrogens is 314 g/mol. The Bertz CT molecular complexity index is 669. The molecule has 0 spiro atoms. The second-order valence-electron chi connectivity index (χ2n) is 5.68. The fourth-order valence-electron chi connectivity index (χ4n) is 2.76. The molecule has 1 saturated heterocycles. The first kappa shape index (κ1) is 15.9. The smallest absolute Gasteiger partial charge is 0.290 e. The Labute approximate surface area is 138 Å². The summed E-state index contributed by atoms with van der Waals surface area (Å²) in [4.78, 5) is 18.3. The highest BCUT2D eigenvalue weighted by Crippen LogP contribution is 2.25. The van der Waals surface area contributed by atoms with Crippen molar-refractivity contribution in [2.24, 2.45) is 0 Å². The van der Waals surface area contributed by atoms with Crippen LogP contribution in [0.15, 0.2) is 29.8 Å². The maximum atomic E-state index is 11.0. The Morgan fingerprint density at radius 2 is 2.43 bits per heavy atom. The van der Waals surface area contributed by atoms with Gasteiger partial charge in [0, 0.05) is 23.6 Å². The van der Waals surface area contributed by atoms with E-state index in [0.717, 1.165) is 38.4 Å². The molecule has 23 heavy (non-hydrogen) atoms. The van der Waals surface area contributed by atoms with Gasteiger partial charge in [0.05, 0.1) is 17.6 Å². The van der Waals surface area contributed by atoms with Crippen molar-refractivity contribution < 1.29 is 9.66 Å². The summed E-state index contributed by atoms with van der Waals surface area (Å²) in [6, 6.07) is 5.91. The van der Waals surface area contributed by atoms with Crippen molar-refractivity contribution in [1.29, 1.82) is 0 Å². The Morgan fingerprint density at radius 1 is 1.57 bits per heavy atom. The minimum absolute atomic E-state index is 0.0574. The van der Waals surface area contributed by atoms with E-state index in [9.17, 15) is 10.1 Å². The molecule has 6 nitrogen and oxygen atoms in total. The number of hydrogen-bond donors (Lipinski definition) is 0. The molecule has 122 valence electrons. The summed E-state index contributed by atoms with van der Waals surface area (Å²) in [5.74, 6) is 0.761. The first-order chi connectivity index (χ1) is 11.1. The van der Waals surface area contributed by atoms with E-state index >= 15 is 0 Å². The van der Waals surface area contributed by atoms with Gasteiger partial charge in [0.1, 0.15) is 12.0 Å². The van der Waals surface area contributed by atoms with Gasteiger partial charge in [-0.25, -0.2) is 4.98 Å². The van der Waals surface area contributed by atoms with Gasteiger partial charge in [-0.2, -0.15) is 0 Å². The van der Waals surface area contributed by atoms with Gasteiger partial charge in [0.2, 0.25) is 0 Å². The summed E-state index contributed by atoms with van der Waals surface area (Å²) in [6.45, 7) is 4.05. The van der Waals surface area contributed by atoms with Crippen molar-refractivity contribution in [3.63, 3.8) is 0 Å². The molecule has 0 bridgehead atoms. The average molecular weight is 333 g/mol. The lowest BCUT2D eigenvalue weighted by Crippen LogP contribution is -2.32. The van der Waals surface area contributed by atoms with Gasteiger partial charge in [-0.3, -0.25) is 10.1 Å². The zero-order chi connectivity index (χ0) is 16.2. The third-order valence-corrected chi connectivity index (χ3v) is 4.83. The van der Waals surface area contributed by atoms with Crippen LogP contribution in [0.4, 0.5) is 11.5 Å². The second kappa shape index (κ2) is 7.06. The van der Waals surface area contributed by atoms with Crippen LogP contribution in [0.5, 0.6) is 0 Å². The minimum Gasteiger partial charge on any atom is -0.376 e. The highest BCUT2D eigenvalue weighted by atomic mass is 32.1. The van der Waals surface area contributed by atoms with E-state index in [2.05, 4.69) is 16.0 Å². The molecular formula is C16H19N3O3S. The lowest BCUT2D eigenvalue weighted by atomic mass is 10.2. The predicted molar refractivity (Wildman–Crippen MR) is 90.0 cm³/mol. The van der Waals surface area contributed by atoms with Crippen molar-refractivity contribution in [2.45, 2.75) is 32.4 Å². The van der Waals surface area contributed by atoms with Gasteiger partial charge in [-0.1, -0.05) is 6.07 Å². The van der Waals surface area contributed by atoms with Crippen LogP contribution in [0.1, 0.15) is 23.3 Å². The van der Waals surface area contributed by atoms with Gasteiger partial charge in [-0.05, 0) is 37.3 Å². The number of rotatable bonds is 6. The van der Waals surface area contributed by atoms with E-state index in [1.165, 1.54) is 11.1 Å². The van der Waals surface area contributed by atoms with Crippen molar-refractivity contribution >= 4 is 22.8 Å². The number of hydrogen-bond acceptors (Lipinski definition) is 6. The number of pyridine rings is 1. The fraction of sp³-hybridized carbons (Fsp3) is 0.438. The zero-order valence-corrected chi connectivity index (χ0v) is 13.8. The topological polar surface area (TPSA) is 68.5 Å². The molecule has 0 radical (unpaired) electrons. The van der Waals surface area contributed by atoms with E-state index in [1.807, 2.05) is 11.4 Å². The van der Waals surface area contributed by atoms with Crippen LogP contribution in [-0.2, 0) is 11.3 Å². The van der Waals surface area contributed by atoms with Crippen LogP contribution >= 0.6 is 11.3 Å². The van der Waals surface area contributed by atoms with Crippen LogP contribution < -0.4 is 4.90 Å². The molecule has 2 aromatic rings. The van der Waals surface area contributed by atoms with Crippen molar-refractivity contribution in [3.8, 4) is 0 Å². The second-order valence-corrected chi connectivity index (χ2v) is 6.71. The number of nitrogens with zero attached hydrogens (tertiary/aromatic N) is 3. The summed E-state index contributed by atoms with van der Waals surface area (Å²) in [5, 5.41) is 13.0.